The molecular formula is C20H13ClF3N7O3. The fourth-order valence-corrected chi connectivity index (χ4v) is 3.54. The van der Waals surface area contributed by atoms with Crippen molar-refractivity contribution in [1.29, 1.82) is 0 Å². The predicted octanol–water partition coefficient (Wildman–Crippen LogP) is 2.93. The van der Waals surface area contributed by atoms with E-state index in [1.807, 2.05) is 0 Å². The molecule has 3 aromatic rings. The summed E-state index contributed by atoms with van der Waals surface area (Å²) >= 11 is 5.88. The summed E-state index contributed by atoms with van der Waals surface area (Å²) in [5.41, 5.74) is -1.52. The van der Waals surface area contributed by atoms with Crippen molar-refractivity contribution in [2.45, 2.75) is 6.18 Å². The SMILES string of the molecule is CNC(=O)n1nc(NC(=O)c2cnn(-c3cccc4c3C=CNC4=C=O)c2C(F)(F)F)cc1Cl. The first kappa shape index (κ1) is 22.8. The molecule has 3 N–H and O–H groups in total. The van der Waals surface area contributed by atoms with E-state index in [4.69, 9.17) is 11.6 Å². The van der Waals surface area contributed by atoms with Gasteiger partial charge < -0.3 is 16.0 Å². The maximum atomic E-state index is 14.1. The van der Waals surface area contributed by atoms with E-state index >= 15 is 0 Å². The zero-order valence-corrected chi connectivity index (χ0v) is 17.8. The summed E-state index contributed by atoms with van der Waals surface area (Å²) in [5.74, 6) is 0.275. The molecule has 2 amide bonds. The molecule has 0 unspecified atom stereocenters. The number of hydrogen-bond acceptors (Lipinski definition) is 6. The lowest BCUT2D eigenvalue weighted by atomic mass is 10.0. The van der Waals surface area contributed by atoms with Crippen molar-refractivity contribution in [1.82, 2.24) is 30.2 Å². The number of rotatable bonds is 3. The van der Waals surface area contributed by atoms with Gasteiger partial charge in [0.1, 0.15) is 10.9 Å². The number of alkyl halides is 3. The number of carbonyl (C=O) groups is 2. The van der Waals surface area contributed by atoms with E-state index in [0.29, 0.717) is 10.2 Å². The van der Waals surface area contributed by atoms with Gasteiger partial charge >= 0.3 is 12.2 Å². The normalized spacial score (nSPS) is 12.6. The molecular weight excluding hydrogens is 479 g/mol. The van der Waals surface area contributed by atoms with Crippen LogP contribution in [-0.4, -0.2) is 44.5 Å². The van der Waals surface area contributed by atoms with Gasteiger partial charge in [-0.25, -0.2) is 14.3 Å². The van der Waals surface area contributed by atoms with Crippen LogP contribution in [0.5, 0.6) is 0 Å². The highest BCUT2D eigenvalue weighted by atomic mass is 35.5. The van der Waals surface area contributed by atoms with Gasteiger partial charge in [-0.2, -0.15) is 23.0 Å². The molecule has 1 aliphatic heterocycles. The number of nitrogens with one attached hydrogen (secondary N) is 3. The summed E-state index contributed by atoms with van der Waals surface area (Å²) in [6, 6.07) is 4.74. The second-order valence-corrected chi connectivity index (χ2v) is 7.17. The maximum absolute atomic E-state index is 14.1. The summed E-state index contributed by atoms with van der Waals surface area (Å²) < 4.78 is 43.6. The Morgan fingerprint density at radius 3 is 2.71 bits per heavy atom. The Balaban J connectivity index is 1.78. The average molecular weight is 492 g/mol. The second-order valence-electron chi connectivity index (χ2n) is 6.78. The Morgan fingerprint density at radius 2 is 2.03 bits per heavy atom. The van der Waals surface area contributed by atoms with Gasteiger partial charge in [0.05, 0.1) is 17.4 Å². The smallest absolute Gasteiger partial charge is 0.352 e. The van der Waals surface area contributed by atoms with Crippen molar-refractivity contribution in [3.63, 3.8) is 0 Å². The standard InChI is InChI=1S/C20H13ClF3N7O3/c1-25-19(34)31-15(21)7-16(29-31)28-18(33)12-8-27-30(17(12)20(22,23)24)14-4-2-3-10-11(14)5-6-26-13(10)9-32/h2-8,26H,1H3,(H,25,34)(H,28,29,33). The third kappa shape index (κ3) is 3.93. The number of aromatic nitrogens is 4. The Kier molecular flexibility index (Phi) is 5.73. The first-order chi connectivity index (χ1) is 16.2. The number of nitrogens with zero attached hydrogens (tertiary/aromatic N) is 4. The summed E-state index contributed by atoms with van der Waals surface area (Å²) in [6.07, 6.45) is -1.37. The molecule has 0 aliphatic carbocycles. The van der Waals surface area contributed by atoms with Crippen LogP contribution in [-0.2, 0) is 11.0 Å². The molecule has 174 valence electrons. The van der Waals surface area contributed by atoms with Crippen LogP contribution in [0.3, 0.4) is 0 Å². The predicted molar refractivity (Wildman–Crippen MR) is 115 cm³/mol. The van der Waals surface area contributed by atoms with Crippen molar-refractivity contribution in [3.05, 3.63) is 64.2 Å². The molecule has 0 radical (unpaired) electrons. The molecule has 1 aliphatic rings. The molecule has 4 rings (SSSR count). The van der Waals surface area contributed by atoms with Crippen LogP contribution in [0.1, 0.15) is 27.2 Å². The fourth-order valence-electron chi connectivity index (χ4n) is 3.32. The topological polar surface area (TPSA) is 123 Å². The largest absolute Gasteiger partial charge is 0.434 e. The van der Waals surface area contributed by atoms with Crippen LogP contribution in [0.25, 0.3) is 17.5 Å². The van der Waals surface area contributed by atoms with Crippen LogP contribution in [0.2, 0.25) is 5.15 Å². The molecule has 34 heavy (non-hydrogen) atoms. The van der Waals surface area contributed by atoms with Gasteiger partial charge in [0, 0.05) is 30.4 Å². The van der Waals surface area contributed by atoms with Crippen molar-refractivity contribution < 1.29 is 27.6 Å². The average Bonchev–Trinajstić information content (AvgIpc) is 3.41. The number of anilines is 1. The molecule has 0 saturated heterocycles. The number of carbonyl (C=O) groups excluding carboxylic acids is 3. The Bertz CT molecular complexity index is 1400. The molecule has 14 heteroatoms. The number of benzene rings is 1. The summed E-state index contributed by atoms with van der Waals surface area (Å²) in [4.78, 5) is 35.6. The summed E-state index contributed by atoms with van der Waals surface area (Å²) in [7, 11) is 1.32. The van der Waals surface area contributed by atoms with Gasteiger partial charge in [0.15, 0.2) is 17.5 Å². The fraction of sp³-hybridized carbons (Fsp3) is 0.100. The minimum atomic E-state index is -4.98. The number of halogens is 4. The Morgan fingerprint density at radius 1 is 1.26 bits per heavy atom. The summed E-state index contributed by atoms with van der Waals surface area (Å²) in [5, 5.41) is 14.5. The van der Waals surface area contributed by atoms with Gasteiger partial charge in [0.2, 0.25) is 0 Å². The van der Waals surface area contributed by atoms with E-state index in [2.05, 4.69) is 26.1 Å². The minimum Gasteiger partial charge on any atom is -0.352 e. The number of hydrogen-bond donors (Lipinski definition) is 3. The lowest BCUT2D eigenvalue weighted by Crippen LogP contribution is -2.26. The highest BCUT2D eigenvalue weighted by molar-refractivity contribution is 6.30. The highest BCUT2D eigenvalue weighted by Gasteiger charge is 2.41. The zero-order valence-electron chi connectivity index (χ0n) is 17.1. The van der Waals surface area contributed by atoms with Crippen molar-refractivity contribution in [2.75, 3.05) is 12.4 Å². The lowest BCUT2D eigenvalue weighted by Gasteiger charge is -2.19. The molecule has 0 atom stereocenters. The van der Waals surface area contributed by atoms with Crippen LogP contribution in [0.4, 0.5) is 23.8 Å². The first-order valence-corrected chi connectivity index (χ1v) is 9.79. The third-order valence-corrected chi connectivity index (χ3v) is 5.03. The lowest BCUT2D eigenvalue weighted by molar-refractivity contribution is -0.143. The second kappa shape index (κ2) is 8.54. The number of amides is 2. The van der Waals surface area contributed by atoms with Gasteiger partial charge in [0.25, 0.3) is 5.91 Å². The van der Waals surface area contributed by atoms with Crippen molar-refractivity contribution in [2.24, 2.45) is 0 Å². The van der Waals surface area contributed by atoms with Gasteiger partial charge in [-0.05, 0) is 12.1 Å². The van der Waals surface area contributed by atoms with Crippen LogP contribution in [0, 0.1) is 0 Å². The van der Waals surface area contributed by atoms with Crippen LogP contribution >= 0.6 is 11.6 Å². The molecule has 10 nitrogen and oxygen atoms in total. The summed E-state index contributed by atoms with van der Waals surface area (Å²) in [6.45, 7) is 0. The third-order valence-electron chi connectivity index (χ3n) is 4.76. The highest BCUT2D eigenvalue weighted by Crippen LogP contribution is 2.36. The molecule has 0 fully saturated rings. The van der Waals surface area contributed by atoms with E-state index in [1.54, 1.807) is 5.94 Å². The molecule has 1 aromatic carbocycles. The Labute approximate surface area is 193 Å². The monoisotopic (exact) mass is 491 g/mol. The van der Waals surface area contributed by atoms with Gasteiger partial charge in [-0.3, -0.25) is 4.79 Å². The molecule has 0 saturated carbocycles. The first-order valence-electron chi connectivity index (χ1n) is 9.42. The van der Waals surface area contributed by atoms with E-state index < -0.39 is 29.4 Å². The van der Waals surface area contributed by atoms with Crippen LogP contribution < -0.4 is 16.0 Å². The zero-order chi connectivity index (χ0) is 24.6. The Hall–Kier alpha value is -4.35. The van der Waals surface area contributed by atoms with Gasteiger partial charge in [-0.1, -0.05) is 23.7 Å². The van der Waals surface area contributed by atoms with E-state index in [-0.39, 0.29) is 27.9 Å². The number of fused-ring (bicyclic) bond motifs is 1. The van der Waals surface area contributed by atoms with E-state index in [0.717, 1.165) is 16.9 Å². The van der Waals surface area contributed by atoms with E-state index in [9.17, 15) is 27.6 Å². The van der Waals surface area contributed by atoms with Crippen LogP contribution in [0.15, 0.2) is 36.7 Å². The molecule has 2 aromatic heterocycles. The van der Waals surface area contributed by atoms with E-state index in [1.165, 1.54) is 37.5 Å². The van der Waals surface area contributed by atoms with Gasteiger partial charge in [-0.15, -0.1) is 5.10 Å². The molecule has 0 spiro atoms. The maximum Gasteiger partial charge on any atom is 0.434 e. The molecule has 3 heterocycles. The van der Waals surface area contributed by atoms with Crippen molar-refractivity contribution >= 4 is 47.1 Å². The molecule has 0 bridgehead atoms. The quantitative estimate of drug-likeness (QED) is 0.484. The minimum absolute atomic E-state index is 0.0127. The van der Waals surface area contributed by atoms with Crippen molar-refractivity contribution in [3.8, 4) is 5.69 Å².